The second kappa shape index (κ2) is 10.9. The van der Waals surface area contributed by atoms with Crippen LogP contribution in [0.25, 0.3) is 0 Å². The van der Waals surface area contributed by atoms with E-state index in [0.717, 1.165) is 5.56 Å². The van der Waals surface area contributed by atoms with Gasteiger partial charge >= 0.3 is 0 Å². The second-order valence-electron chi connectivity index (χ2n) is 6.34. The highest BCUT2D eigenvalue weighted by Crippen LogP contribution is 2.29. The molecule has 0 aliphatic heterocycles. The zero-order chi connectivity index (χ0) is 21.2. The first kappa shape index (κ1) is 22.1. The molecule has 1 N–H and O–H groups in total. The predicted octanol–water partition coefficient (Wildman–Crippen LogP) is 3.39. The van der Waals surface area contributed by atoms with Gasteiger partial charge in [-0.05, 0) is 49.2 Å². The normalized spacial score (nSPS) is 10.2. The summed E-state index contributed by atoms with van der Waals surface area (Å²) in [5.74, 6) is 2.20. The number of carbonyl (C=O) groups is 2. The molecule has 7 nitrogen and oxygen atoms in total. The van der Waals surface area contributed by atoms with E-state index in [9.17, 15) is 9.59 Å². The fraction of sp³-hybridized carbons (Fsp3) is 0.364. The number of benzene rings is 2. The number of carbonyl (C=O) groups excluding carboxylic acids is 2. The number of ketones is 1. The number of hydrogen-bond acceptors (Lipinski definition) is 6. The van der Waals surface area contributed by atoms with Crippen LogP contribution < -0.4 is 24.3 Å². The van der Waals surface area contributed by atoms with Crippen LogP contribution in [-0.2, 0) is 11.3 Å². The molecule has 0 bridgehead atoms. The smallest absolute Gasteiger partial charge is 0.220 e. The summed E-state index contributed by atoms with van der Waals surface area (Å²) >= 11 is 0. The Hall–Kier alpha value is -3.22. The molecule has 2 aromatic carbocycles. The average molecular weight is 401 g/mol. The Labute approximate surface area is 170 Å². The molecule has 0 aliphatic rings. The molecule has 29 heavy (non-hydrogen) atoms. The number of Topliss-reactive ketones (excluding diaryl/α,β-unsaturated/α-hetero) is 1. The minimum absolute atomic E-state index is 0.0407. The number of rotatable bonds is 11. The van der Waals surface area contributed by atoms with E-state index in [4.69, 9.17) is 18.9 Å². The van der Waals surface area contributed by atoms with Crippen LogP contribution in [0.4, 0.5) is 0 Å². The molecule has 1 amide bonds. The first-order chi connectivity index (χ1) is 14.0. The fourth-order valence-corrected chi connectivity index (χ4v) is 2.70. The van der Waals surface area contributed by atoms with Crippen molar-refractivity contribution >= 4 is 11.7 Å². The van der Waals surface area contributed by atoms with Gasteiger partial charge < -0.3 is 24.3 Å². The molecule has 0 radical (unpaired) electrons. The third kappa shape index (κ3) is 6.41. The predicted molar refractivity (Wildman–Crippen MR) is 109 cm³/mol. The van der Waals surface area contributed by atoms with Gasteiger partial charge in [0.2, 0.25) is 5.91 Å². The van der Waals surface area contributed by atoms with E-state index < -0.39 is 0 Å². The highest BCUT2D eigenvalue weighted by molar-refractivity contribution is 5.94. The Bertz CT molecular complexity index is 849. The number of methoxy groups -OCH3 is 3. The third-order valence-corrected chi connectivity index (χ3v) is 4.31. The van der Waals surface area contributed by atoms with Crippen LogP contribution in [0.5, 0.6) is 23.0 Å². The summed E-state index contributed by atoms with van der Waals surface area (Å²) in [5, 5.41) is 2.88. The number of amides is 1. The van der Waals surface area contributed by atoms with Gasteiger partial charge in [-0.25, -0.2) is 0 Å². The van der Waals surface area contributed by atoms with Crippen molar-refractivity contribution in [1.29, 1.82) is 0 Å². The van der Waals surface area contributed by atoms with E-state index in [1.54, 1.807) is 38.5 Å². The van der Waals surface area contributed by atoms with Crippen molar-refractivity contribution in [1.82, 2.24) is 5.32 Å². The van der Waals surface area contributed by atoms with E-state index in [-0.39, 0.29) is 11.7 Å². The van der Waals surface area contributed by atoms with Gasteiger partial charge in [-0.2, -0.15) is 0 Å². The SMILES string of the molecule is COc1ccc(CNC(=O)CCCOc2ccc(C(C)=O)cc2OC)cc1OC. The molecule has 0 unspecified atom stereocenters. The zero-order valence-corrected chi connectivity index (χ0v) is 17.2. The standard InChI is InChI=1S/C22H27NO6/c1-15(24)17-8-10-19(21(13-17)28-4)29-11-5-6-22(25)23-14-16-7-9-18(26-2)20(12-16)27-3/h7-10,12-13H,5-6,11,14H2,1-4H3,(H,23,25). The first-order valence-corrected chi connectivity index (χ1v) is 9.27. The van der Waals surface area contributed by atoms with Crippen molar-refractivity contribution in [2.24, 2.45) is 0 Å². The Balaban J connectivity index is 1.77. The van der Waals surface area contributed by atoms with Crippen molar-refractivity contribution in [2.45, 2.75) is 26.3 Å². The van der Waals surface area contributed by atoms with Crippen molar-refractivity contribution in [3.05, 3.63) is 47.5 Å². The van der Waals surface area contributed by atoms with Crippen LogP contribution in [-0.4, -0.2) is 39.6 Å². The lowest BCUT2D eigenvalue weighted by Crippen LogP contribution is -2.23. The Morgan fingerprint density at radius 3 is 2.17 bits per heavy atom. The Kier molecular flexibility index (Phi) is 8.33. The summed E-state index contributed by atoms with van der Waals surface area (Å²) in [5.41, 5.74) is 1.48. The van der Waals surface area contributed by atoms with Crippen molar-refractivity contribution in [3.63, 3.8) is 0 Å². The largest absolute Gasteiger partial charge is 0.493 e. The summed E-state index contributed by atoms with van der Waals surface area (Å²) in [6.45, 7) is 2.26. The zero-order valence-electron chi connectivity index (χ0n) is 17.2. The molecule has 0 aromatic heterocycles. The van der Waals surface area contributed by atoms with Gasteiger partial charge in [0.05, 0.1) is 27.9 Å². The highest BCUT2D eigenvalue weighted by atomic mass is 16.5. The van der Waals surface area contributed by atoms with Crippen LogP contribution in [0.2, 0.25) is 0 Å². The van der Waals surface area contributed by atoms with E-state index in [1.807, 2.05) is 12.1 Å². The van der Waals surface area contributed by atoms with Crippen molar-refractivity contribution in [3.8, 4) is 23.0 Å². The summed E-state index contributed by atoms with van der Waals surface area (Å²) in [6.07, 6.45) is 0.885. The van der Waals surface area contributed by atoms with Gasteiger partial charge in [0.15, 0.2) is 28.8 Å². The molecule has 2 aromatic rings. The molecule has 0 heterocycles. The van der Waals surface area contributed by atoms with Crippen LogP contribution in [0.3, 0.4) is 0 Å². The summed E-state index contributed by atoms with van der Waals surface area (Å²) in [6, 6.07) is 10.6. The first-order valence-electron chi connectivity index (χ1n) is 9.27. The van der Waals surface area contributed by atoms with Gasteiger partial charge in [-0.3, -0.25) is 9.59 Å². The molecule has 0 atom stereocenters. The molecule has 0 aliphatic carbocycles. The van der Waals surface area contributed by atoms with E-state index in [2.05, 4.69) is 5.32 Å². The molecule has 0 fully saturated rings. The topological polar surface area (TPSA) is 83.1 Å². The number of ether oxygens (including phenoxy) is 4. The highest BCUT2D eigenvalue weighted by Gasteiger charge is 2.09. The van der Waals surface area contributed by atoms with Crippen LogP contribution in [0, 0.1) is 0 Å². The molecule has 0 saturated heterocycles. The monoisotopic (exact) mass is 401 g/mol. The van der Waals surface area contributed by atoms with Gasteiger partial charge in [0.25, 0.3) is 0 Å². The Morgan fingerprint density at radius 1 is 0.862 bits per heavy atom. The lowest BCUT2D eigenvalue weighted by molar-refractivity contribution is -0.121. The minimum Gasteiger partial charge on any atom is -0.493 e. The summed E-state index contributed by atoms with van der Waals surface area (Å²) < 4.78 is 21.4. The number of hydrogen-bond donors (Lipinski definition) is 1. The quantitative estimate of drug-likeness (QED) is 0.459. The van der Waals surface area contributed by atoms with Crippen LogP contribution in [0.1, 0.15) is 35.7 Å². The molecular weight excluding hydrogens is 374 g/mol. The minimum atomic E-state index is -0.0673. The number of nitrogens with one attached hydrogen (secondary N) is 1. The maximum atomic E-state index is 12.1. The van der Waals surface area contributed by atoms with E-state index in [0.29, 0.717) is 54.6 Å². The van der Waals surface area contributed by atoms with Crippen molar-refractivity contribution < 1.29 is 28.5 Å². The molecule has 0 spiro atoms. The third-order valence-electron chi connectivity index (χ3n) is 4.31. The summed E-state index contributed by atoms with van der Waals surface area (Å²) in [4.78, 5) is 23.5. The van der Waals surface area contributed by atoms with Crippen LogP contribution >= 0.6 is 0 Å². The lowest BCUT2D eigenvalue weighted by Gasteiger charge is -2.12. The maximum absolute atomic E-state index is 12.1. The molecule has 156 valence electrons. The van der Waals surface area contributed by atoms with Gasteiger partial charge in [0, 0.05) is 18.5 Å². The second-order valence-corrected chi connectivity index (χ2v) is 6.34. The lowest BCUT2D eigenvalue weighted by atomic mass is 10.1. The molecular formula is C22H27NO6. The molecule has 7 heteroatoms. The van der Waals surface area contributed by atoms with Gasteiger partial charge in [-0.15, -0.1) is 0 Å². The van der Waals surface area contributed by atoms with E-state index in [1.165, 1.54) is 14.0 Å². The Morgan fingerprint density at radius 2 is 1.52 bits per heavy atom. The molecule has 2 rings (SSSR count). The van der Waals surface area contributed by atoms with E-state index >= 15 is 0 Å². The van der Waals surface area contributed by atoms with Crippen molar-refractivity contribution in [2.75, 3.05) is 27.9 Å². The van der Waals surface area contributed by atoms with Gasteiger partial charge in [0.1, 0.15) is 0 Å². The summed E-state index contributed by atoms with van der Waals surface area (Å²) in [7, 11) is 4.67. The van der Waals surface area contributed by atoms with Crippen LogP contribution in [0.15, 0.2) is 36.4 Å². The maximum Gasteiger partial charge on any atom is 0.220 e. The van der Waals surface area contributed by atoms with Gasteiger partial charge in [-0.1, -0.05) is 6.07 Å². The average Bonchev–Trinajstić information content (AvgIpc) is 2.74. The molecule has 0 saturated carbocycles. The fourth-order valence-electron chi connectivity index (χ4n) is 2.70.